The molecule has 0 aliphatic carbocycles. The minimum absolute atomic E-state index is 0.0534. The molecule has 0 atom stereocenters. The number of aromatic carboxylic acids is 1. The van der Waals surface area contributed by atoms with E-state index in [-0.39, 0.29) is 30.3 Å². The molecule has 10 heteroatoms. The Labute approximate surface area is 166 Å². The highest BCUT2D eigenvalue weighted by atomic mass is 16.4. The number of nitrogens with zero attached hydrogens (tertiary/aromatic N) is 4. The van der Waals surface area contributed by atoms with Crippen molar-refractivity contribution in [3.05, 3.63) is 60.2 Å². The Morgan fingerprint density at radius 2 is 1.79 bits per heavy atom. The molecule has 29 heavy (non-hydrogen) atoms. The summed E-state index contributed by atoms with van der Waals surface area (Å²) < 4.78 is 2.93. The number of rotatable bonds is 8. The summed E-state index contributed by atoms with van der Waals surface area (Å²) in [6.07, 6.45) is 3.14. The van der Waals surface area contributed by atoms with Crippen LogP contribution < -0.4 is 10.6 Å². The zero-order valence-electron chi connectivity index (χ0n) is 15.7. The number of hydrogen-bond acceptors (Lipinski definition) is 5. The van der Waals surface area contributed by atoms with E-state index in [1.807, 2.05) is 13.0 Å². The Kier molecular flexibility index (Phi) is 6.03. The fourth-order valence-electron chi connectivity index (χ4n) is 2.58. The van der Waals surface area contributed by atoms with Gasteiger partial charge >= 0.3 is 5.97 Å². The summed E-state index contributed by atoms with van der Waals surface area (Å²) in [5, 5.41) is 22.4. The number of anilines is 2. The molecular formula is C19H20N6O4. The quantitative estimate of drug-likeness (QED) is 0.534. The minimum atomic E-state index is -1.13. The molecule has 10 nitrogen and oxygen atoms in total. The highest BCUT2D eigenvalue weighted by Gasteiger charge is 2.19. The zero-order chi connectivity index (χ0) is 20.8. The van der Waals surface area contributed by atoms with Gasteiger partial charge in [0.2, 0.25) is 5.91 Å². The molecule has 0 saturated carbocycles. The topological polar surface area (TPSA) is 131 Å². The normalized spacial score (nSPS) is 10.5. The van der Waals surface area contributed by atoms with Crippen molar-refractivity contribution >= 4 is 29.2 Å². The van der Waals surface area contributed by atoms with Crippen LogP contribution in [0.25, 0.3) is 0 Å². The van der Waals surface area contributed by atoms with Crippen molar-refractivity contribution in [2.45, 2.75) is 26.4 Å². The molecule has 0 saturated heterocycles. The van der Waals surface area contributed by atoms with Crippen LogP contribution in [0.3, 0.4) is 0 Å². The largest absolute Gasteiger partial charge is 0.476 e. The van der Waals surface area contributed by atoms with E-state index in [0.717, 1.165) is 0 Å². The van der Waals surface area contributed by atoms with E-state index in [1.165, 1.54) is 16.9 Å². The molecule has 0 bridgehead atoms. The molecule has 150 valence electrons. The van der Waals surface area contributed by atoms with Crippen molar-refractivity contribution in [1.29, 1.82) is 0 Å². The van der Waals surface area contributed by atoms with E-state index < -0.39 is 11.9 Å². The number of benzene rings is 1. The first-order chi connectivity index (χ1) is 14.0. The monoisotopic (exact) mass is 396 g/mol. The summed E-state index contributed by atoms with van der Waals surface area (Å²) in [4.78, 5) is 35.8. The number of hydrogen-bond donors (Lipinski definition) is 3. The number of aryl methyl sites for hydroxylation is 2. The van der Waals surface area contributed by atoms with Crippen LogP contribution in [0.1, 0.15) is 34.3 Å². The van der Waals surface area contributed by atoms with Crippen molar-refractivity contribution in [1.82, 2.24) is 19.6 Å². The molecule has 2 heterocycles. The summed E-state index contributed by atoms with van der Waals surface area (Å²) in [5.41, 5.74) is 0.941. The van der Waals surface area contributed by atoms with Crippen molar-refractivity contribution < 1.29 is 19.5 Å². The Bertz CT molecular complexity index is 1020. The van der Waals surface area contributed by atoms with E-state index in [2.05, 4.69) is 20.8 Å². The van der Waals surface area contributed by atoms with Crippen molar-refractivity contribution in [3.8, 4) is 0 Å². The van der Waals surface area contributed by atoms with Gasteiger partial charge in [0, 0.05) is 37.6 Å². The smallest absolute Gasteiger partial charge is 0.356 e. The molecule has 3 rings (SSSR count). The number of carboxylic acids is 1. The average Bonchev–Trinajstić information content (AvgIpc) is 3.34. The highest BCUT2D eigenvalue weighted by molar-refractivity contribution is 6.08. The summed E-state index contributed by atoms with van der Waals surface area (Å²) in [6, 6.07) is 10.3. The van der Waals surface area contributed by atoms with E-state index in [9.17, 15) is 14.4 Å². The molecule has 2 aromatic heterocycles. The van der Waals surface area contributed by atoms with Crippen LogP contribution in [-0.4, -0.2) is 42.5 Å². The Hall–Kier alpha value is -3.95. The van der Waals surface area contributed by atoms with Crippen molar-refractivity contribution in [2.24, 2.45) is 0 Å². The van der Waals surface area contributed by atoms with Crippen LogP contribution in [-0.2, 0) is 17.9 Å². The van der Waals surface area contributed by atoms with Crippen LogP contribution in [0.15, 0.2) is 48.8 Å². The van der Waals surface area contributed by atoms with Crippen LogP contribution in [0.5, 0.6) is 0 Å². The lowest BCUT2D eigenvalue weighted by molar-refractivity contribution is -0.116. The first kappa shape index (κ1) is 19.8. The number of carbonyl (C=O) groups excluding carboxylic acids is 2. The lowest BCUT2D eigenvalue weighted by Crippen LogP contribution is -2.19. The van der Waals surface area contributed by atoms with E-state index >= 15 is 0 Å². The van der Waals surface area contributed by atoms with Gasteiger partial charge in [-0.2, -0.15) is 10.2 Å². The van der Waals surface area contributed by atoms with Crippen LogP contribution in [0.4, 0.5) is 11.4 Å². The van der Waals surface area contributed by atoms with E-state index in [4.69, 9.17) is 5.11 Å². The number of aromatic nitrogens is 4. The fourth-order valence-corrected chi connectivity index (χ4v) is 2.58. The summed E-state index contributed by atoms with van der Waals surface area (Å²) in [5.74, 6) is -1.91. The Morgan fingerprint density at radius 3 is 2.45 bits per heavy atom. The number of para-hydroxylation sites is 1. The molecular weight excluding hydrogens is 376 g/mol. The molecule has 3 aromatic rings. The Morgan fingerprint density at radius 1 is 1.03 bits per heavy atom. The second kappa shape index (κ2) is 8.83. The van der Waals surface area contributed by atoms with Gasteiger partial charge in [0.05, 0.1) is 5.69 Å². The zero-order valence-corrected chi connectivity index (χ0v) is 15.7. The minimum Gasteiger partial charge on any atom is -0.476 e. The lowest BCUT2D eigenvalue weighted by Gasteiger charge is -2.07. The molecule has 0 aliphatic heterocycles. The molecule has 1 aromatic carbocycles. The molecule has 3 N–H and O–H groups in total. The number of carboxylic acid groups (broad SMARTS) is 1. The highest BCUT2D eigenvalue weighted by Crippen LogP contribution is 2.17. The fraction of sp³-hybridized carbons (Fsp3) is 0.211. The number of carbonyl (C=O) groups is 3. The van der Waals surface area contributed by atoms with E-state index in [1.54, 1.807) is 35.1 Å². The first-order valence-electron chi connectivity index (χ1n) is 8.96. The molecule has 0 spiro atoms. The van der Waals surface area contributed by atoms with Gasteiger partial charge in [-0.1, -0.05) is 18.2 Å². The lowest BCUT2D eigenvalue weighted by atomic mass is 10.3. The standard InChI is InChI=1S/C19H20N6O4/c1-2-24-12-15(17(23-24)18(27)20-13-6-4-3-5-7-13)21-16(26)9-11-25-10-8-14(22-25)19(28)29/h3-8,10,12H,2,9,11H2,1H3,(H,20,27)(H,21,26)(H,28,29). The second-order valence-electron chi connectivity index (χ2n) is 6.13. The van der Waals surface area contributed by atoms with E-state index in [0.29, 0.717) is 17.9 Å². The molecule has 2 amide bonds. The molecule has 0 aliphatic rings. The predicted molar refractivity (Wildman–Crippen MR) is 105 cm³/mol. The van der Waals surface area contributed by atoms with Crippen molar-refractivity contribution in [3.63, 3.8) is 0 Å². The molecule has 0 unspecified atom stereocenters. The maximum Gasteiger partial charge on any atom is 0.356 e. The van der Waals surface area contributed by atoms with Gasteiger partial charge in [-0.15, -0.1) is 0 Å². The van der Waals surface area contributed by atoms with Gasteiger partial charge in [-0.3, -0.25) is 19.0 Å². The maximum atomic E-state index is 12.6. The summed E-state index contributed by atoms with van der Waals surface area (Å²) >= 11 is 0. The van der Waals surface area contributed by atoms with Gasteiger partial charge in [0.15, 0.2) is 11.4 Å². The average molecular weight is 396 g/mol. The third kappa shape index (κ3) is 5.06. The van der Waals surface area contributed by atoms with Gasteiger partial charge in [0.1, 0.15) is 0 Å². The maximum absolute atomic E-state index is 12.6. The van der Waals surface area contributed by atoms with Gasteiger partial charge in [-0.05, 0) is 25.1 Å². The van der Waals surface area contributed by atoms with Crippen molar-refractivity contribution in [2.75, 3.05) is 10.6 Å². The SMILES string of the molecule is CCn1cc(NC(=O)CCn2ccc(C(=O)O)n2)c(C(=O)Nc2ccccc2)n1. The van der Waals surface area contributed by atoms with Gasteiger partial charge in [-0.25, -0.2) is 4.79 Å². The van der Waals surface area contributed by atoms with Crippen LogP contribution in [0.2, 0.25) is 0 Å². The number of nitrogens with one attached hydrogen (secondary N) is 2. The number of amides is 2. The molecule has 0 fully saturated rings. The van der Waals surface area contributed by atoms with Gasteiger partial charge < -0.3 is 15.7 Å². The predicted octanol–water partition coefficient (Wildman–Crippen LogP) is 2.08. The third-order valence-electron chi connectivity index (χ3n) is 4.03. The summed E-state index contributed by atoms with van der Waals surface area (Å²) in [6.45, 7) is 2.61. The van der Waals surface area contributed by atoms with Gasteiger partial charge in [0.25, 0.3) is 5.91 Å². The summed E-state index contributed by atoms with van der Waals surface area (Å²) in [7, 11) is 0. The molecule has 0 radical (unpaired) electrons. The first-order valence-corrected chi connectivity index (χ1v) is 8.96. The van der Waals surface area contributed by atoms with Crippen LogP contribution >= 0.6 is 0 Å². The van der Waals surface area contributed by atoms with Crippen LogP contribution in [0, 0.1) is 0 Å². The Balaban J connectivity index is 1.66. The second-order valence-corrected chi connectivity index (χ2v) is 6.13. The third-order valence-corrected chi connectivity index (χ3v) is 4.03.